The molecule has 0 saturated heterocycles. The van der Waals surface area contributed by atoms with E-state index >= 15 is 0 Å². The second kappa shape index (κ2) is 6.51. The molecule has 5 heteroatoms. The summed E-state index contributed by atoms with van der Waals surface area (Å²) in [6.45, 7) is 2.14. The molecule has 0 aromatic heterocycles. The molecule has 0 bridgehead atoms. The van der Waals surface area contributed by atoms with Gasteiger partial charge in [0.1, 0.15) is 11.9 Å². The second-order valence-electron chi connectivity index (χ2n) is 5.69. The zero-order valence-corrected chi connectivity index (χ0v) is 14.6. The highest BCUT2D eigenvalue weighted by atomic mass is 16.5. The molecule has 24 heavy (non-hydrogen) atoms. The molecule has 0 N–H and O–H groups in total. The Morgan fingerprint density at radius 3 is 1.96 bits per heavy atom. The van der Waals surface area contributed by atoms with Gasteiger partial charge in [-0.2, -0.15) is 0 Å². The summed E-state index contributed by atoms with van der Waals surface area (Å²) in [7, 11) is 6.51. The number of hydrogen-bond donors (Lipinski definition) is 0. The monoisotopic (exact) mass is 330 g/mol. The molecule has 5 nitrogen and oxygen atoms in total. The molecule has 1 aliphatic heterocycles. The SMILES string of the molecule is COc1ccc([C@H]2Oc3cc(OC)c(OC)cc3[C@@H]2C)cc1OC. The molecular weight excluding hydrogens is 308 g/mol. The molecule has 128 valence electrons. The molecule has 3 rings (SSSR count). The van der Waals surface area contributed by atoms with Crippen molar-refractivity contribution in [1.29, 1.82) is 0 Å². The number of ether oxygens (including phenoxy) is 5. The largest absolute Gasteiger partial charge is 0.493 e. The molecule has 0 amide bonds. The third kappa shape index (κ3) is 2.60. The second-order valence-corrected chi connectivity index (χ2v) is 5.69. The van der Waals surface area contributed by atoms with E-state index in [4.69, 9.17) is 23.7 Å². The van der Waals surface area contributed by atoms with Crippen LogP contribution in [0, 0.1) is 0 Å². The number of rotatable bonds is 5. The summed E-state index contributed by atoms with van der Waals surface area (Å²) < 4.78 is 27.7. The summed E-state index contributed by atoms with van der Waals surface area (Å²) in [4.78, 5) is 0. The molecule has 1 aliphatic rings. The van der Waals surface area contributed by atoms with Crippen molar-refractivity contribution in [3.63, 3.8) is 0 Å². The highest BCUT2D eigenvalue weighted by Crippen LogP contribution is 2.50. The minimum atomic E-state index is -0.100. The first-order chi connectivity index (χ1) is 11.6. The van der Waals surface area contributed by atoms with Crippen LogP contribution >= 0.6 is 0 Å². The lowest BCUT2D eigenvalue weighted by molar-refractivity contribution is 0.214. The fourth-order valence-electron chi connectivity index (χ4n) is 3.12. The van der Waals surface area contributed by atoms with Crippen LogP contribution in [0.25, 0.3) is 0 Å². The van der Waals surface area contributed by atoms with Crippen molar-refractivity contribution in [3.8, 4) is 28.7 Å². The van der Waals surface area contributed by atoms with Crippen LogP contribution in [0.1, 0.15) is 30.1 Å². The van der Waals surface area contributed by atoms with E-state index in [1.807, 2.05) is 30.3 Å². The molecule has 0 unspecified atom stereocenters. The zero-order valence-electron chi connectivity index (χ0n) is 14.6. The van der Waals surface area contributed by atoms with E-state index in [1.54, 1.807) is 28.4 Å². The molecule has 2 atom stereocenters. The van der Waals surface area contributed by atoms with Crippen LogP contribution in [0.15, 0.2) is 30.3 Å². The van der Waals surface area contributed by atoms with Crippen molar-refractivity contribution >= 4 is 0 Å². The fourth-order valence-corrected chi connectivity index (χ4v) is 3.12. The molecule has 0 saturated carbocycles. The Labute approximate surface area is 142 Å². The Kier molecular flexibility index (Phi) is 4.42. The van der Waals surface area contributed by atoms with Gasteiger partial charge >= 0.3 is 0 Å². The van der Waals surface area contributed by atoms with Gasteiger partial charge in [-0.3, -0.25) is 0 Å². The predicted octanol–water partition coefficient (Wildman–Crippen LogP) is 3.96. The van der Waals surface area contributed by atoms with Crippen molar-refractivity contribution in [2.75, 3.05) is 28.4 Å². The summed E-state index contributed by atoms with van der Waals surface area (Å²) in [5.74, 6) is 3.76. The van der Waals surface area contributed by atoms with E-state index in [9.17, 15) is 0 Å². The topological polar surface area (TPSA) is 46.2 Å². The van der Waals surface area contributed by atoms with Crippen LogP contribution in [0.4, 0.5) is 0 Å². The summed E-state index contributed by atoms with van der Waals surface area (Å²) >= 11 is 0. The minimum absolute atomic E-state index is 0.100. The third-order valence-electron chi connectivity index (χ3n) is 4.45. The average molecular weight is 330 g/mol. The Hall–Kier alpha value is -2.56. The van der Waals surface area contributed by atoms with E-state index in [0.717, 1.165) is 16.9 Å². The quantitative estimate of drug-likeness (QED) is 0.830. The van der Waals surface area contributed by atoms with Crippen molar-refractivity contribution in [2.24, 2.45) is 0 Å². The molecule has 2 aromatic rings. The van der Waals surface area contributed by atoms with Gasteiger partial charge < -0.3 is 23.7 Å². The van der Waals surface area contributed by atoms with Gasteiger partial charge in [-0.1, -0.05) is 13.0 Å². The predicted molar refractivity (Wildman–Crippen MR) is 90.9 cm³/mol. The lowest BCUT2D eigenvalue weighted by atomic mass is 9.92. The van der Waals surface area contributed by atoms with Gasteiger partial charge in [-0.15, -0.1) is 0 Å². The van der Waals surface area contributed by atoms with Gasteiger partial charge in [-0.25, -0.2) is 0 Å². The fraction of sp³-hybridized carbons (Fsp3) is 0.368. The van der Waals surface area contributed by atoms with E-state index in [1.165, 1.54) is 0 Å². The van der Waals surface area contributed by atoms with Crippen LogP contribution in [0.3, 0.4) is 0 Å². The lowest BCUT2D eigenvalue weighted by Crippen LogP contribution is -2.07. The molecule has 0 fully saturated rings. The zero-order chi connectivity index (χ0) is 17.3. The number of hydrogen-bond acceptors (Lipinski definition) is 5. The van der Waals surface area contributed by atoms with Gasteiger partial charge in [-0.05, 0) is 23.8 Å². The lowest BCUT2D eigenvalue weighted by Gasteiger charge is -2.17. The summed E-state index contributed by atoms with van der Waals surface area (Å²) in [5, 5.41) is 0. The Morgan fingerprint density at radius 2 is 1.33 bits per heavy atom. The number of methoxy groups -OCH3 is 4. The van der Waals surface area contributed by atoms with Crippen molar-refractivity contribution in [2.45, 2.75) is 18.9 Å². The van der Waals surface area contributed by atoms with Crippen molar-refractivity contribution in [1.82, 2.24) is 0 Å². The van der Waals surface area contributed by atoms with Gasteiger partial charge in [0.15, 0.2) is 23.0 Å². The van der Waals surface area contributed by atoms with Crippen LogP contribution in [0.2, 0.25) is 0 Å². The molecular formula is C19H22O5. The van der Waals surface area contributed by atoms with Gasteiger partial charge in [0, 0.05) is 17.5 Å². The van der Waals surface area contributed by atoms with E-state index < -0.39 is 0 Å². The molecule has 0 aliphatic carbocycles. The first-order valence-electron chi connectivity index (χ1n) is 7.77. The van der Waals surface area contributed by atoms with Gasteiger partial charge in [0.2, 0.25) is 0 Å². The average Bonchev–Trinajstić information content (AvgIpc) is 2.95. The van der Waals surface area contributed by atoms with Crippen molar-refractivity contribution < 1.29 is 23.7 Å². The van der Waals surface area contributed by atoms with Crippen LogP contribution in [-0.4, -0.2) is 28.4 Å². The maximum Gasteiger partial charge on any atom is 0.164 e. The Morgan fingerprint density at radius 1 is 0.750 bits per heavy atom. The smallest absolute Gasteiger partial charge is 0.164 e. The van der Waals surface area contributed by atoms with E-state index in [-0.39, 0.29) is 12.0 Å². The third-order valence-corrected chi connectivity index (χ3v) is 4.45. The summed E-state index contributed by atoms with van der Waals surface area (Å²) in [6.07, 6.45) is -0.100. The molecule has 1 heterocycles. The van der Waals surface area contributed by atoms with Crippen LogP contribution < -0.4 is 23.7 Å². The number of fused-ring (bicyclic) bond motifs is 1. The summed E-state index contributed by atoms with van der Waals surface area (Å²) in [6, 6.07) is 9.72. The Balaban J connectivity index is 1.97. The first-order valence-corrected chi connectivity index (χ1v) is 7.77. The van der Waals surface area contributed by atoms with Gasteiger partial charge in [0.25, 0.3) is 0 Å². The maximum atomic E-state index is 6.19. The molecule has 0 spiro atoms. The van der Waals surface area contributed by atoms with E-state index in [2.05, 4.69) is 6.92 Å². The summed E-state index contributed by atoms with van der Waals surface area (Å²) in [5.41, 5.74) is 2.14. The number of benzene rings is 2. The normalized spacial score (nSPS) is 18.5. The molecule has 0 radical (unpaired) electrons. The van der Waals surface area contributed by atoms with Crippen LogP contribution in [-0.2, 0) is 0 Å². The first kappa shape index (κ1) is 16.3. The minimum Gasteiger partial charge on any atom is -0.493 e. The standard InChI is InChI=1S/C19H22O5/c1-11-13-9-17(22-4)18(23-5)10-15(13)24-19(11)12-6-7-14(20-2)16(8-12)21-3/h6-11,19H,1-5H3/t11-,19-/m0/s1. The van der Waals surface area contributed by atoms with E-state index in [0.29, 0.717) is 23.0 Å². The van der Waals surface area contributed by atoms with Crippen molar-refractivity contribution in [3.05, 3.63) is 41.5 Å². The van der Waals surface area contributed by atoms with Gasteiger partial charge in [0.05, 0.1) is 28.4 Å². The highest BCUT2D eigenvalue weighted by molar-refractivity contribution is 5.55. The maximum absolute atomic E-state index is 6.19. The Bertz CT molecular complexity index is 741. The molecule has 2 aromatic carbocycles. The van der Waals surface area contributed by atoms with Crippen LogP contribution in [0.5, 0.6) is 28.7 Å². The highest BCUT2D eigenvalue weighted by Gasteiger charge is 2.34.